The van der Waals surface area contributed by atoms with Crippen molar-refractivity contribution in [1.29, 1.82) is 0 Å². The minimum absolute atomic E-state index is 0.169. The van der Waals surface area contributed by atoms with Crippen LogP contribution >= 0.6 is 0 Å². The van der Waals surface area contributed by atoms with Gasteiger partial charge in [-0.2, -0.15) is 0 Å². The summed E-state index contributed by atoms with van der Waals surface area (Å²) in [5.74, 6) is 0.450. The topological polar surface area (TPSA) is 68.0 Å². The van der Waals surface area contributed by atoms with Gasteiger partial charge in [-0.25, -0.2) is 4.98 Å². The lowest BCUT2D eigenvalue weighted by molar-refractivity contribution is 0.0905. The second-order valence-electron chi connectivity index (χ2n) is 4.39. The van der Waals surface area contributed by atoms with E-state index in [2.05, 4.69) is 10.3 Å². The van der Waals surface area contributed by atoms with Gasteiger partial charge >= 0.3 is 0 Å². The number of nitrogens with one attached hydrogen (secondary N) is 1. The van der Waals surface area contributed by atoms with Gasteiger partial charge in [0.25, 0.3) is 5.91 Å². The number of nitrogens with two attached hydrogens (primary N) is 1. The highest BCUT2D eigenvalue weighted by molar-refractivity contribution is 5.97. The maximum absolute atomic E-state index is 11.9. The molecule has 1 aliphatic carbocycles. The third-order valence-electron chi connectivity index (χ3n) is 3.27. The van der Waals surface area contributed by atoms with Crippen LogP contribution in [-0.2, 0) is 0 Å². The standard InChI is InChI=1S/C12H17N3O/c1-8(9-4-2-5-9)15-12(16)11-10(13)6-3-7-14-11/h3,6-9H,2,4-5,13H2,1H3,(H,15,16). The fraction of sp³-hybridized carbons (Fsp3) is 0.500. The van der Waals surface area contributed by atoms with Crippen LogP contribution in [0.4, 0.5) is 5.69 Å². The SMILES string of the molecule is CC(NC(=O)c1ncccc1N)C1CCC1. The summed E-state index contributed by atoms with van der Waals surface area (Å²) in [6.45, 7) is 2.04. The number of aromatic nitrogens is 1. The van der Waals surface area contributed by atoms with E-state index < -0.39 is 0 Å². The Balaban J connectivity index is 2.00. The number of hydrogen-bond donors (Lipinski definition) is 2. The third kappa shape index (κ3) is 2.15. The Morgan fingerprint density at radius 2 is 2.38 bits per heavy atom. The molecule has 4 nitrogen and oxygen atoms in total. The molecule has 1 aliphatic rings. The first-order valence-corrected chi connectivity index (χ1v) is 5.70. The van der Waals surface area contributed by atoms with Crippen LogP contribution in [0.15, 0.2) is 18.3 Å². The molecule has 3 N–H and O–H groups in total. The van der Waals surface area contributed by atoms with Crippen molar-refractivity contribution in [2.45, 2.75) is 32.2 Å². The Kier molecular flexibility index (Phi) is 3.08. The van der Waals surface area contributed by atoms with Gasteiger partial charge in [0.15, 0.2) is 5.69 Å². The average Bonchev–Trinajstić information content (AvgIpc) is 2.15. The summed E-state index contributed by atoms with van der Waals surface area (Å²) in [7, 11) is 0. The van der Waals surface area contributed by atoms with Gasteiger partial charge in [0.2, 0.25) is 0 Å². The maximum atomic E-state index is 11.9. The van der Waals surface area contributed by atoms with Gasteiger partial charge in [0.1, 0.15) is 0 Å². The fourth-order valence-corrected chi connectivity index (χ4v) is 1.94. The zero-order chi connectivity index (χ0) is 11.5. The van der Waals surface area contributed by atoms with E-state index in [0.717, 1.165) is 0 Å². The summed E-state index contributed by atoms with van der Waals surface area (Å²) in [6, 6.07) is 3.62. The predicted molar refractivity (Wildman–Crippen MR) is 62.9 cm³/mol. The van der Waals surface area contributed by atoms with Gasteiger partial charge in [-0.3, -0.25) is 4.79 Å². The molecule has 1 heterocycles. The van der Waals surface area contributed by atoms with Crippen LogP contribution in [0.5, 0.6) is 0 Å². The van der Waals surface area contributed by atoms with E-state index in [1.54, 1.807) is 18.3 Å². The van der Waals surface area contributed by atoms with Crippen molar-refractivity contribution in [3.05, 3.63) is 24.0 Å². The molecule has 1 aromatic rings. The van der Waals surface area contributed by atoms with Crippen molar-refractivity contribution in [2.75, 3.05) is 5.73 Å². The summed E-state index contributed by atoms with van der Waals surface area (Å²) >= 11 is 0. The average molecular weight is 219 g/mol. The van der Waals surface area contributed by atoms with E-state index in [4.69, 9.17) is 5.73 Å². The summed E-state index contributed by atoms with van der Waals surface area (Å²) < 4.78 is 0. The smallest absolute Gasteiger partial charge is 0.272 e. The molecule has 0 aliphatic heterocycles. The summed E-state index contributed by atoms with van der Waals surface area (Å²) in [6.07, 6.45) is 5.27. The number of rotatable bonds is 3. The van der Waals surface area contributed by atoms with Gasteiger partial charge in [-0.05, 0) is 37.8 Å². The minimum atomic E-state index is -0.169. The van der Waals surface area contributed by atoms with Gasteiger partial charge in [-0.15, -0.1) is 0 Å². The van der Waals surface area contributed by atoms with Crippen molar-refractivity contribution >= 4 is 11.6 Å². The molecule has 16 heavy (non-hydrogen) atoms. The zero-order valence-electron chi connectivity index (χ0n) is 9.44. The number of nitrogen functional groups attached to an aromatic ring is 1. The number of carbonyl (C=O) groups is 1. The minimum Gasteiger partial charge on any atom is -0.397 e. The molecule has 0 radical (unpaired) electrons. The van der Waals surface area contributed by atoms with E-state index in [1.807, 2.05) is 6.92 Å². The van der Waals surface area contributed by atoms with Crippen molar-refractivity contribution in [1.82, 2.24) is 10.3 Å². The number of pyridine rings is 1. The quantitative estimate of drug-likeness (QED) is 0.811. The predicted octanol–water partition coefficient (Wildman–Crippen LogP) is 1.58. The van der Waals surface area contributed by atoms with Crippen molar-refractivity contribution in [3.63, 3.8) is 0 Å². The van der Waals surface area contributed by atoms with Gasteiger partial charge in [0, 0.05) is 12.2 Å². The lowest BCUT2D eigenvalue weighted by Gasteiger charge is -2.31. The lowest BCUT2D eigenvalue weighted by atomic mass is 9.80. The highest BCUT2D eigenvalue weighted by Crippen LogP contribution is 2.29. The lowest BCUT2D eigenvalue weighted by Crippen LogP contribution is -2.41. The van der Waals surface area contributed by atoms with Crippen LogP contribution in [0.2, 0.25) is 0 Å². The van der Waals surface area contributed by atoms with Gasteiger partial charge in [0.05, 0.1) is 5.69 Å². The zero-order valence-corrected chi connectivity index (χ0v) is 9.44. The molecule has 0 bridgehead atoms. The number of carbonyl (C=O) groups excluding carboxylic acids is 1. The molecule has 1 atom stereocenters. The van der Waals surface area contributed by atoms with E-state index in [-0.39, 0.29) is 11.9 Å². The Bertz CT molecular complexity index is 388. The molecule has 1 amide bonds. The maximum Gasteiger partial charge on any atom is 0.272 e. The first kappa shape index (κ1) is 10.9. The second-order valence-corrected chi connectivity index (χ2v) is 4.39. The highest BCUT2D eigenvalue weighted by Gasteiger charge is 2.25. The monoisotopic (exact) mass is 219 g/mol. The normalized spacial score (nSPS) is 17.6. The van der Waals surface area contributed by atoms with E-state index in [1.165, 1.54) is 19.3 Å². The van der Waals surface area contributed by atoms with Crippen LogP contribution in [0, 0.1) is 5.92 Å². The fourth-order valence-electron chi connectivity index (χ4n) is 1.94. The molecule has 0 spiro atoms. The molecule has 1 fully saturated rings. The first-order valence-electron chi connectivity index (χ1n) is 5.70. The Morgan fingerprint density at radius 3 is 2.94 bits per heavy atom. The largest absolute Gasteiger partial charge is 0.397 e. The molecule has 0 aromatic carbocycles. The van der Waals surface area contributed by atoms with Crippen LogP contribution in [0.3, 0.4) is 0 Å². The van der Waals surface area contributed by atoms with Crippen molar-refractivity contribution < 1.29 is 4.79 Å². The molecule has 0 saturated heterocycles. The summed E-state index contributed by atoms with van der Waals surface area (Å²) in [5, 5.41) is 2.96. The number of nitrogens with zero attached hydrogens (tertiary/aromatic N) is 1. The summed E-state index contributed by atoms with van der Waals surface area (Å²) in [5.41, 5.74) is 6.46. The van der Waals surface area contributed by atoms with Crippen LogP contribution in [0.1, 0.15) is 36.7 Å². The van der Waals surface area contributed by atoms with E-state index in [0.29, 0.717) is 17.3 Å². The van der Waals surface area contributed by atoms with Gasteiger partial charge < -0.3 is 11.1 Å². The highest BCUT2D eigenvalue weighted by atomic mass is 16.1. The molecule has 1 saturated carbocycles. The Labute approximate surface area is 95.3 Å². The Hall–Kier alpha value is -1.58. The third-order valence-corrected chi connectivity index (χ3v) is 3.27. The summed E-state index contributed by atoms with van der Waals surface area (Å²) in [4.78, 5) is 15.9. The molecule has 1 unspecified atom stereocenters. The molecule has 86 valence electrons. The van der Waals surface area contributed by atoms with E-state index >= 15 is 0 Å². The molecule has 2 rings (SSSR count). The van der Waals surface area contributed by atoms with Crippen LogP contribution in [0.25, 0.3) is 0 Å². The molecule has 4 heteroatoms. The second kappa shape index (κ2) is 4.51. The van der Waals surface area contributed by atoms with Gasteiger partial charge in [-0.1, -0.05) is 6.42 Å². The van der Waals surface area contributed by atoms with Crippen molar-refractivity contribution in [3.8, 4) is 0 Å². The van der Waals surface area contributed by atoms with Crippen molar-refractivity contribution in [2.24, 2.45) is 5.92 Å². The van der Waals surface area contributed by atoms with Crippen LogP contribution in [-0.4, -0.2) is 16.9 Å². The molecule has 1 aromatic heterocycles. The van der Waals surface area contributed by atoms with Crippen LogP contribution < -0.4 is 11.1 Å². The van der Waals surface area contributed by atoms with E-state index in [9.17, 15) is 4.79 Å². The first-order chi connectivity index (χ1) is 7.68. The number of anilines is 1. The number of hydrogen-bond acceptors (Lipinski definition) is 3. The number of amides is 1. The molecular weight excluding hydrogens is 202 g/mol. The Morgan fingerprint density at radius 1 is 1.62 bits per heavy atom. The molecular formula is C12H17N3O.